The third-order valence-electron chi connectivity index (χ3n) is 6.42. The summed E-state index contributed by atoms with van der Waals surface area (Å²) in [6, 6.07) is 21.1. The third-order valence-corrected chi connectivity index (χ3v) is 6.42. The zero-order valence-corrected chi connectivity index (χ0v) is 24.0. The van der Waals surface area contributed by atoms with Gasteiger partial charge in [0.1, 0.15) is 11.5 Å². The summed E-state index contributed by atoms with van der Waals surface area (Å²) in [5.74, 6) is 0.392. The van der Waals surface area contributed by atoms with Gasteiger partial charge in [0.05, 0.1) is 35.8 Å². The van der Waals surface area contributed by atoms with Crippen LogP contribution in [0.4, 0.5) is 0 Å². The summed E-state index contributed by atoms with van der Waals surface area (Å²) >= 11 is 0. The molecule has 12 nitrogen and oxygen atoms in total. The van der Waals surface area contributed by atoms with Crippen LogP contribution >= 0.6 is 0 Å². The highest BCUT2D eigenvalue weighted by molar-refractivity contribution is 6.01. The second-order valence-corrected chi connectivity index (χ2v) is 9.52. The topological polar surface area (TPSA) is 146 Å². The van der Waals surface area contributed by atoms with Crippen LogP contribution in [0, 0.1) is 0 Å². The molecule has 0 unspecified atom stereocenters. The molecule has 1 aliphatic rings. The van der Waals surface area contributed by atoms with E-state index in [2.05, 4.69) is 31.0 Å². The number of nitrogens with zero attached hydrogens (tertiary/aromatic N) is 4. The van der Waals surface area contributed by atoms with Gasteiger partial charge in [0.15, 0.2) is 0 Å². The SMILES string of the molecule is C/C(=N/NC(=O)c1cccnc1)c1ccc(O[C@H]2OCCO[C@@H]2Oc2ccc(/C(C)=N\NC(=O)c3cccnc3)cc2)cc1. The first-order valence-electron chi connectivity index (χ1n) is 13.7. The lowest BCUT2D eigenvalue weighted by atomic mass is 10.1. The van der Waals surface area contributed by atoms with E-state index in [1.54, 1.807) is 74.8 Å². The van der Waals surface area contributed by atoms with Crippen LogP contribution in [0.15, 0.2) is 108 Å². The molecule has 44 heavy (non-hydrogen) atoms. The quantitative estimate of drug-likeness (QED) is 0.207. The number of rotatable bonds is 10. The van der Waals surface area contributed by atoms with Gasteiger partial charge < -0.3 is 18.9 Å². The zero-order valence-electron chi connectivity index (χ0n) is 24.0. The van der Waals surface area contributed by atoms with Gasteiger partial charge in [-0.1, -0.05) is 0 Å². The van der Waals surface area contributed by atoms with E-state index in [0.717, 1.165) is 11.1 Å². The van der Waals surface area contributed by atoms with Crippen LogP contribution in [0.2, 0.25) is 0 Å². The molecule has 0 spiro atoms. The minimum Gasteiger partial charge on any atom is -0.458 e. The molecule has 4 aromatic rings. The second kappa shape index (κ2) is 14.6. The highest BCUT2D eigenvalue weighted by Crippen LogP contribution is 2.23. The second-order valence-electron chi connectivity index (χ2n) is 9.52. The van der Waals surface area contributed by atoms with Crippen molar-refractivity contribution in [2.45, 2.75) is 26.4 Å². The van der Waals surface area contributed by atoms with E-state index < -0.39 is 12.6 Å². The summed E-state index contributed by atoms with van der Waals surface area (Å²) < 4.78 is 23.6. The Morgan fingerprint density at radius 3 is 1.43 bits per heavy atom. The Hall–Kier alpha value is -5.46. The number of amides is 2. The molecule has 2 amide bonds. The van der Waals surface area contributed by atoms with Crippen molar-refractivity contribution in [2.75, 3.05) is 13.2 Å². The van der Waals surface area contributed by atoms with Crippen molar-refractivity contribution >= 4 is 23.2 Å². The normalized spacial score (nSPS) is 17.0. The van der Waals surface area contributed by atoms with Crippen LogP contribution < -0.4 is 20.3 Å². The highest BCUT2D eigenvalue weighted by Gasteiger charge is 2.31. The number of carbonyl (C=O) groups excluding carboxylic acids is 2. The lowest BCUT2D eigenvalue weighted by Gasteiger charge is -2.31. The van der Waals surface area contributed by atoms with Gasteiger partial charge in [-0.15, -0.1) is 0 Å². The van der Waals surface area contributed by atoms with Gasteiger partial charge in [0.2, 0.25) is 0 Å². The summed E-state index contributed by atoms with van der Waals surface area (Å²) in [5, 5.41) is 8.36. The molecule has 224 valence electrons. The number of hydrazone groups is 2. The van der Waals surface area contributed by atoms with E-state index in [1.165, 1.54) is 12.4 Å². The van der Waals surface area contributed by atoms with Crippen molar-refractivity contribution in [2.24, 2.45) is 10.2 Å². The maximum Gasteiger partial charge on any atom is 0.272 e. The largest absolute Gasteiger partial charge is 0.458 e. The van der Waals surface area contributed by atoms with Crippen LogP contribution in [0.1, 0.15) is 45.7 Å². The molecule has 0 aliphatic carbocycles. The Morgan fingerprint density at radius 1 is 0.659 bits per heavy atom. The monoisotopic (exact) mass is 594 g/mol. The minimum absolute atomic E-state index is 0.346. The van der Waals surface area contributed by atoms with Crippen molar-refractivity contribution in [3.63, 3.8) is 0 Å². The standard InChI is InChI=1S/C32H30N6O6/c1-21(35-37-29(39)25-5-3-15-33-19-25)23-7-11-27(12-8-23)43-31-32(42-18-17-41-31)44-28-13-9-24(10-14-28)22(2)36-38-30(40)26-6-4-16-34-20-26/h3-16,19-20,31-32H,17-18H2,1-2H3,(H,37,39)(H,38,40)/b35-21-,36-22-/t31-,32-/m1/s1. The van der Waals surface area contributed by atoms with Gasteiger partial charge in [-0.3, -0.25) is 19.6 Å². The summed E-state index contributed by atoms with van der Waals surface area (Å²) in [5.41, 5.74) is 8.73. The molecule has 3 heterocycles. The predicted octanol–water partition coefficient (Wildman–Crippen LogP) is 3.94. The molecule has 12 heteroatoms. The molecule has 5 rings (SSSR count). The number of ether oxygens (including phenoxy) is 4. The van der Waals surface area contributed by atoms with Crippen LogP contribution in [-0.2, 0) is 9.47 Å². The van der Waals surface area contributed by atoms with Gasteiger partial charge in [-0.25, -0.2) is 10.9 Å². The third kappa shape index (κ3) is 8.09. The average molecular weight is 595 g/mol. The smallest absolute Gasteiger partial charge is 0.272 e. The van der Waals surface area contributed by atoms with Gasteiger partial charge in [0.25, 0.3) is 24.4 Å². The number of benzene rings is 2. The summed E-state index contributed by atoms with van der Waals surface area (Å²) in [7, 11) is 0. The number of hydrogen-bond donors (Lipinski definition) is 2. The van der Waals surface area contributed by atoms with Crippen molar-refractivity contribution < 1.29 is 28.5 Å². The molecular formula is C32H30N6O6. The Labute approximate surface area is 253 Å². The van der Waals surface area contributed by atoms with Gasteiger partial charge in [0, 0.05) is 24.8 Å². The maximum absolute atomic E-state index is 12.2. The number of aromatic nitrogens is 2. The van der Waals surface area contributed by atoms with Crippen LogP contribution in [0.5, 0.6) is 11.5 Å². The Bertz CT molecular complexity index is 1490. The summed E-state index contributed by atoms with van der Waals surface area (Å²) in [6.45, 7) is 4.28. The van der Waals surface area contributed by atoms with Crippen LogP contribution in [0.3, 0.4) is 0 Å². The lowest BCUT2D eigenvalue weighted by Crippen LogP contribution is -2.45. The van der Waals surface area contributed by atoms with Crippen molar-refractivity contribution in [1.82, 2.24) is 20.8 Å². The number of nitrogens with one attached hydrogen (secondary N) is 2. The molecule has 1 aliphatic heterocycles. The predicted molar refractivity (Wildman–Crippen MR) is 161 cm³/mol. The van der Waals surface area contributed by atoms with Crippen LogP contribution in [-0.4, -0.2) is 59.0 Å². The molecule has 2 atom stereocenters. The average Bonchev–Trinajstić information content (AvgIpc) is 3.08. The molecule has 2 N–H and O–H groups in total. The van der Waals surface area contributed by atoms with Gasteiger partial charge in [-0.2, -0.15) is 10.2 Å². The molecule has 2 aromatic carbocycles. The molecule has 1 fully saturated rings. The minimum atomic E-state index is -0.811. The number of hydrogen-bond acceptors (Lipinski definition) is 10. The number of carbonyl (C=O) groups is 2. The Balaban J connectivity index is 1.15. The van der Waals surface area contributed by atoms with E-state index in [0.29, 0.717) is 47.3 Å². The van der Waals surface area contributed by atoms with Gasteiger partial charge in [-0.05, 0) is 97.8 Å². The molecule has 0 bridgehead atoms. The Morgan fingerprint density at radius 2 is 1.07 bits per heavy atom. The fourth-order valence-electron chi connectivity index (χ4n) is 4.00. The fraction of sp³-hybridized carbons (Fsp3) is 0.188. The summed E-state index contributed by atoms with van der Waals surface area (Å²) in [4.78, 5) is 32.3. The Kier molecular flexibility index (Phi) is 9.98. The van der Waals surface area contributed by atoms with E-state index in [-0.39, 0.29) is 11.8 Å². The highest BCUT2D eigenvalue weighted by atomic mass is 16.8. The fourth-order valence-corrected chi connectivity index (χ4v) is 4.00. The lowest BCUT2D eigenvalue weighted by molar-refractivity contribution is -0.271. The van der Waals surface area contributed by atoms with Gasteiger partial charge >= 0.3 is 0 Å². The van der Waals surface area contributed by atoms with E-state index in [1.807, 2.05) is 24.3 Å². The molecule has 0 saturated carbocycles. The first kappa shape index (κ1) is 30.0. The molecular weight excluding hydrogens is 564 g/mol. The van der Waals surface area contributed by atoms with E-state index >= 15 is 0 Å². The van der Waals surface area contributed by atoms with Crippen molar-refractivity contribution in [3.05, 3.63) is 120 Å². The molecule has 1 saturated heterocycles. The van der Waals surface area contributed by atoms with Crippen LogP contribution in [0.25, 0.3) is 0 Å². The van der Waals surface area contributed by atoms with E-state index in [4.69, 9.17) is 18.9 Å². The molecule has 0 radical (unpaired) electrons. The van der Waals surface area contributed by atoms with Crippen molar-refractivity contribution in [1.29, 1.82) is 0 Å². The summed E-state index contributed by atoms with van der Waals surface area (Å²) in [6.07, 6.45) is 4.52. The first-order valence-corrected chi connectivity index (χ1v) is 13.7. The number of pyridine rings is 2. The molecule has 2 aromatic heterocycles. The maximum atomic E-state index is 12.2. The van der Waals surface area contributed by atoms with Crippen molar-refractivity contribution in [3.8, 4) is 11.5 Å². The zero-order chi connectivity index (χ0) is 30.7. The first-order chi connectivity index (χ1) is 21.5. The van der Waals surface area contributed by atoms with E-state index in [9.17, 15) is 9.59 Å².